The number of phenols is 1. The number of fused-ring (bicyclic) bond motifs is 1. The summed E-state index contributed by atoms with van der Waals surface area (Å²) in [5.74, 6) is -1.30. The second-order valence-electron chi connectivity index (χ2n) is 8.45. The number of furan rings is 1. The molecule has 0 radical (unpaired) electrons. The molecule has 1 aliphatic rings. The van der Waals surface area contributed by atoms with Gasteiger partial charge in [-0.15, -0.1) is 0 Å². The van der Waals surface area contributed by atoms with E-state index in [1.54, 1.807) is 43.3 Å². The first kappa shape index (κ1) is 24.2. The van der Waals surface area contributed by atoms with Crippen LogP contribution in [0, 0.1) is 0 Å². The summed E-state index contributed by atoms with van der Waals surface area (Å²) in [7, 11) is 5.23. The Hall–Kier alpha value is -3.98. The summed E-state index contributed by atoms with van der Waals surface area (Å²) >= 11 is 0. The number of benzene rings is 2. The molecule has 0 aliphatic carbocycles. The molecule has 2 aromatic carbocycles. The zero-order valence-corrected chi connectivity index (χ0v) is 20.1. The van der Waals surface area contributed by atoms with Gasteiger partial charge in [-0.2, -0.15) is 0 Å². The van der Waals surface area contributed by atoms with Crippen molar-refractivity contribution in [2.24, 2.45) is 0 Å². The maximum absolute atomic E-state index is 13.7. The molecule has 1 aromatic heterocycles. The van der Waals surface area contributed by atoms with E-state index in [-0.39, 0.29) is 29.4 Å². The lowest BCUT2D eigenvalue weighted by Crippen LogP contribution is -2.36. The molecular formula is C26H28N2O7. The van der Waals surface area contributed by atoms with Crippen molar-refractivity contribution in [2.75, 3.05) is 40.9 Å². The van der Waals surface area contributed by atoms with E-state index in [0.717, 1.165) is 0 Å². The van der Waals surface area contributed by atoms with E-state index >= 15 is 0 Å². The average molecular weight is 481 g/mol. The van der Waals surface area contributed by atoms with Gasteiger partial charge in [-0.3, -0.25) is 9.59 Å². The quantitative estimate of drug-likeness (QED) is 0.446. The van der Waals surface area contributed by atoms with Gasteiger partial charge < -0.3 is 33.9 Å². The maximum Gasteiger partial charge on any atom is 0.290 e. The van der Waals surface area contributed by atoms with Crippen molar-refractivity contribution in [2.45, 2.75) is 13.0 Å². The zero-order chi connectivity index (χ0) is 25.3. The van der Waals surface area contributed by atoms with Crippen LogP contribution >= 0.6 is 0 Å². The zero-order valence-electron chi connectivity index (χ0n) is 20.1. The van der Waals surface area contributed by atoms with Gasteiger partial charge in [0.25, 0.3) is 5.91 Å². The van der Waals surface area contributed by atoms with E-state index in [2.05, 4.69) is 0 Å². The number of carbonyl (C=O) groups excluding carboxylic acids is 2. The number of ether oxygens (including phenoxy) is 2. The van der Waals surface area contributed by atoms with Gasteiger partial charge in [0.05, 0.1) is 25.3 Å². The normalized spacial score (nSPS) is 16.0. The van der Waals surface area contributed by atoms with Gasteiger partial charge >= 0.3 is 0 Å². The minimum atomic E-state index is -0.898. The van der Waals surface area contributed by atoms with E-state index in [9.17, 15) is 19.8 Å². The largest absolute Gasteiger partial charge is 0.504 e. The van der Waals surface area contributed by atoms with Crippen LogP contribution in [0.15, 0.2) is 58.2 Å². The number of carbonyl (C=O) groups is 2. The topological polar surface area (TPSA) is 113 Å². The molecule has 184 valence electrons. The van der Waals surface area contributed by atoms with Gasteiger partial charge in [-0.05, 0) is 50.8 Å². The monoisotopic (exact) mass is 480 g/mol. The molecule has 4 rings (SSSR count). The molecular weight excluding hydrogens is 452 g/mol. The highest BCUT2D eigenvalue weighted by atomic mass is 16.5. The number of amides is 1. The molecule has 2 heterocycles. The molecule has 35 heavy (non-hydrogen) atoms. The maximum atomic E-state index is 13.7. The van der Waals surface area contributed by atoms with Crippen LogP contribution in [-0.4, -0.2) is 72.6 Å². The van der Waals surface area contributed by atoms with E-state index in [4.69, 9.17) is 13.9 Å². The Morgan fingerprint density at radius 1 is 1.14 bits per heavy atom. The number of nitrogens with zero attached hydrogens (tertiary/aromatic N) is 2. The number of hydrogen-bond donors (Lipinski definition) is 2. The molecule has 0 saturated heterocycles. The summed E-state index contributed by atoms with van der Waals surface area (Å²) in [6.45, 7) is 2.87. The lowest BCUT2D eigenvalue weighted by molar-refractivity contribution is -0.129. The average Bonchev–Trinajstić information content (AvgIpc) is 3.38. The Morgan fingerprint density at radius 3 is 2.60 bits per heavy atom. The second kappa shape index (κ2) is 9.71. The summed E-state index contributed by atoms with van der Waals surface area (Å²) in [5, 5.41) is 21.7. The molecule has 3 aromatic rings. The number of phenolic OH excluding ortho intramolecular Hbond substituents is 1. The summed E-state index contributed by atoms with van der Waals surface area (Å²) in [6, 6.07) is 10.6. The lowest BCUT2D eigenvalue weighted by atomic mass is 9.94. The Morgan fingerprint density at radius 2 is 1.91 bits per heavy atom. The third-order valence-corrected chi connectivity index (χ3v) is 5.89. The molecule has 0 bridgehead atoms. The molecule has 0 spiro atoms. The number of aromatic hydroxyl groups is 1. The van der Waals surface area contributed by atoms with Gasteiger partial charge in [-0.1, -0.05) is 18.2 Å². The number of ketones is 1. The Labute approximate surface area is 202 Å². The van der Waals surface area contributed by atoms with Gasteiger partial charge in [0, 0.05) is 18.5 Å². The van der Waals surface area contributed by atoms with Crippen LogP contribution in [0.4, 0.5) is 0 Å². The summed E-state index contributed by atoms with van der Waals surface area (Å²) in [5.41, 5.74) is 0.811. The fourth-order valence-electron chi connectivity index (χ4n) is 4.18. The van der Waals surface area contributed by atoms with Crippen LogP contribution in [0.5, 0.6) is 17.2 Å². The van der Waals surface area contributed by atoms with Crippen LogP contribution in [0.3, 0.4) is 0 Å². The molecule has 1 atom stereocenters. The predicted octanol–water partition coefficient (Wildman–Crippen LogP) is 3.69. The number of likely N-dealkylation sites (N-methyl/N-ethyl adjacent to an activating group) is 1. The molecule has 9 heteroatoms. The summed E-state index contributed by atoms with van der Waals surface area (Å²) in [6.07, 6.45) is 0. The Kier molecular flexibility index (Phi) is 6.70. The van der Waals surface area contributed by atoms with Crippen molar-refractivity contribution >= 4 is 22.7 Å². The van der Waals surface area contributed by atoms with E-state index in [1.807, 2.05) is 19.0 Å². The van der Waals surface area contributed by atoms with Crippen LogP contribution in [-0.2, 0) is 4.79 Å². The number of hydrogen-bond acceptors (Lipinski definition) is 8. The Balaban J connectivity index is 1.82. The van der Waals surface area contributed by atoms with Crippen molar-refractivity contribution in [3.63, 3.8) is 0 Å². The van der Waals surface area contributed by atoms with Crippen molar-refractivity contribution in [1.82, 2.24) is 9.80 Å². The van der Waals surface area contributed by atoms with Crippen LogP contribution in [0.25, 0.3) is 11.0 Å². The molecule has 1 amide bonds. The SMILES string of the molecule is CCOc1cc(C2C(C(=O)c3cc4cccc(OC)c4o3)=C(O)C(=O)N2CCN(C)C)ccc1O. The minimum absolute atomic E-state index is 0.0258. The fraction of sp³-hybridized carbons (Fsp3) is 0.308. The number of aliphatic hydroxyl groups is 1. The highest BCUT2D eigenvalue weighted by Gasteiger charge is 2.44. The molecule has 2 N–H and O–H groups in total. The van der Waals surface area contributed by atoms with Crippen LogP contribution in [0.1, 0.15) is 29.1 Å². The molecule has 1 unspecified atom stereocenters. The van der Waals surface area contributed by atoms with E-state index in [0.29, 0.717) is 35.4 Å². The van der Waals surface area contributed by atoms with Gasteiger partial charge in [0.2, 0.25) is 5.78 Å². The smallest absolute Gasteiger partial charge is 0.290 e. The van der Waals surface area contributed by atoms with Crippen molar-refractivity contribution < 1.29 is 33.7 Å². The molecule has 9 nitrogen and oxygen atoms in total. The molecule has 1 aliphatic heterocycles. The summed E-state index contributed by atoms with van der Waals surface area (Å²) < 4.78 is 16.7. The lowest BCUT2D eigenvalue weighted by Gasteiger charge is -2.28. The first-order valence-electron chi connectivity index (χ1n) is 11.2. The van der Waals surface area contributed by atoms with Gasteiger partial charge in [0.15, 0.2) is 34.4 Å². The highest BCUT2D eigenvalue weighted by Crippen LogP contribution is 2.42. The number of Topliss-reactive ketones (excluding diaryl/α,β-unsaturated/α-hetero) is 1. The molecule has 0 saturated carbocycles. The van der Waals surface area contributed by atoms with Crippen LogP contribution < -0.4 is 9.47 Å². The van der Waals surface area contributed by atoms with Gasteiger partial charge in [-0.25, -0.2) is 0 Å². The van der Waals surface area contributed by atoms with E-state index in [1.165, 1.54) is 18.1 Å². The number of rotatable bonds is 9. The third kappa shape index (κ3) is 4.42. The predicted molar refractivity (Wildman–Crippen MR) is 129 cm³/mol. The van der Waals surface area contributed by atoms with Crippen molar-refractivity contribution in [3.8, 4) is 17.2 Å². The minimum Gasteiger partial charge on any atom is -0.504 e. The number of methoxy groups -OCH3 is 1. The number of para-hydroxylation sites is 1. The standard InChI is InChI=1S/C26H28N2O7/c1-5-34-19-13-15(9-10-17(19)29)22-21(24(31)26(32)28(22)12-11-27(2)3)23(30)20-14-16-7-6-8-18(33-4)25(16)35-20/h6-10,13-14,22,29,31H,5,11-12H2,1-4H3. The molecule has 0 fully saturated rings. The first-order chi connectivity index (χ1) is 16.8. The number of aliphatic hydroxyl groups excluding tert-OH is 1. The Bertz CT molecular complexity index is 1310. The van der Waals surface area contributed by atoms with Crippen molar-refractivity contribution in [3.05, 3.63) is 65.1 Å². The van der Waals surface area contributed by atoms with Gasteiger partial charge in [0.1, 0.15) is 0 Å². The third-order valence-electron chi connectivity index (χ3n) is 5.89. The summed E-state index contributed by atoms with van der Waals surface area (Å²) in [4.78, 5) is 30.1. The highest BCUT2D eigenvalue weighted by molar-refractivity contribution is 6.16. The van der Waals surface area contributed by atoms with Crippen molar-refractivity contribution in [1.29, 1.82) is 0 Å². The van der Waals surface area contributed by atoms with E-state index < -0.39 is 23.5 Å². The van der Waals surface area contributed by atoms with Crippen LogP contribution in [0.2, 0.25) is 0 Å². The fourth-order valence-corrected chi connectivity index (χ4v) is 4.18. The second-order valence-corrected chi connectivity index (χ2v) is 8.45. The first-order valence-corrected chi connectivity index (χ1v) is 11.2.